The Bertz CT molecular complexity index is 397. The van der Waals surface area contributed by atoms with Crippen LogP contribution in [-0.4, -0.2) is 31.1 Å². The first-order valence-corrected chi connectivity index (χ1v) is 6.11. The largest absolute Gasteiger partial charge is 0.325 e. The van der Waals surface area contributed by atoms with Gasteiger partial charge in [-0.15, -0.1) is 0 Å². The van der Waals surface area contributed by atoms with Crippen LogP contribution in [-0.2, 0) is 0 Å². The van der Waals surface area contributed by atoms with E-state index in [1.165, 1.54) is 5.56 Å². The fourth-order valence-electron chi connectivity index (χ4n) is 1.99. The Kier molecular flexibility index (Phi) is 4.55. The van der Waals surface area contributed by atoms with E-state index in [9.17, 15) is 4.79 Å². The Hall–Kier alpha value is -1.51. The van der Waals surface area contributed by atoms with Gasteiger partial charge in [-0.2, -0.15) is 0 Å². The lowest BCUT2D eigenvalue weighted by Crippen LogP contribution is -2.41. The third-order valence-corrected chi connectivity index (χ3v) is 3.03. The van der Waals surface area contributed by atoms with Gasteiger partial charge in [-0.1, -0.05) is 17.7 Å². The molecular formula is C14H22N2O. The molecule has 0 radical (unpaired) electrons. The molecule has 0 heterocycles. The molecule has 0 bridgehead atoms. The standard InChI is InChI=1S/C14H22N2O/c1-6-16(7-2)14(17)15(5)13-9-8-11(3)10-12(13)4/h8-10H,6-7H2,1-5H3. The van der Waals surface area contributed by atoms with Gasteiger partial charge in [0, 0.05) is 25.8 Å². The number of hydrogen-bond acceptors (Lipinski definition) is 1. The minimum absolute atomic E-state index is 0.0574. The van der Waals surface area contributed by atoms with Gasteiger partial charge in [0.2, 0.25) is 0 Å². The average Bonchev–Trinajstić information content (AvgIpc) is 2.29. The summed E-state index contributed by atoms with van der Waals surface area (Å²) in [7, 11) is 1.83. The molecule has 0 aliphatic carbocycles. The van der Waals surface area contributed by atoms with Crippen molar-refractivity contribution < 1.29 is 4.79 Å². The van der Waals surface area contributed by atoms with Crippen molar-refractivity contribution in [3.05, 3.63) is 29.3 Å². The second-order valence-corrected chi connectivity index (χ2v) is 4.30. The van der Waals surface area contributed by atoms with E-state index in [0.29, 0.717) is 0 Å². The van der Waals surface area contributed by atoms with Crippen molar-refractivity contribution in [2.45, 2.75) is 27.7 Å². The maximum atomic E-state index is 12.2. The normalized spacial score (nSPS) is 10.2. The van der Waals surface area contributed by atoms with Crippen molar-refractivity contribution in [2.24, 2.45) is 0 Å². The zero-order valence-corrected chi connectivity index (χ0v) is 11.4. The van der Waals surface area contributed by atoms with Gasteiger partial charge in [-0.3, -0.25) is 4.90 Å². The van der Waals surface area contributed by atoms with Crippen LogP contribution in [0, 0.1) is 13.8 Å². The van der Waals surface area contributed by atoms with Gasteiger partial charge < -0.3 is 4.90 Å². The molecule has 1 aromatic rings. The molecular weight excluding hydrogens is 212 g/mol. The highest BCUT2D eigenvalue weighted by atomic mass is 16.2. The minimum atomic E-state index is 0.0574. The molecule has 0 aliphatic heterocycles. The highest BCUT2D eigenvalue weighted by molar-refractivity contribution is 5.92. The predicted molar refractivity (Wildman–Crippen MR) is 72.6 cm³/mol. The molecule has 0 saturated carbocycles. The Morgan fingerprint density at radius 1 is 1.18 bits per heavy atom. The molecule has 0 aromatic heterocycles. The third kappa shape index (κ3) is 2.99. The molecule has 94 valence electrons. The van der Waals surface area contributed by atoms with Gasteiger partial charge in [0.15, 0.2) is 0 Å². The zero-order chi connectivity index (χ0) is 13.0. The van der Waals surface area contributed by atoms with E-state index in [2.05, 4.69) is 13.0 Å². The molecule has 0 saturated heterocycles. The number of aryl methyl sites for hydroxylation is 2. The van der Waals surface area contributed by atoms with Crippen molar-refractivity contribution in [3.63, 3.8) is 0 Å². The fourth-order valence-corrected chi connectivity index (χ4v) is 1.99. The van der Waals surface area contributed by atoms with E-state index in [-0.39, 0.29) is 6.03 Å². The maximum Gasteiger partial charge on any atom is 0.324 e. The molecule has 0 fully saturated rings. The topological polar surface area (TPSA) is 23.6 Å². The number of hydrogen-bond donors (Lipinski definition) is 0. The first-order valence-electron chi connectivity index (χ1n) is 6.11. The summed E-state index contributed by atoms with van der Waals surface area (Å²) in [5.74, 6) is 0. The van der Waals surface area contributed by atoms with Gasteiger partial charge in [-0.05, 0) is 39.3 Å². The Balaban J connectivity index is 2.95. The molecule has 0 atom stereocenters. The zero-order valence-electron chi connectivity index (χ0n) is 11.4. The van der Waals surface area contributed by atoms with Gasteiger partial charge in [0.1, 0.15) is 0 Å². The highest BCUT2D eigenvalue weighted by Gasteiger charge is 2.17. The fraction of sp³-hybridized carbons (Fsp3) is 0.500. The van der Waals surface area contributed by atoms with Crippen molar-refractivity contribution in [2.75, 3.05) is 25.0 Å². The summed E-state index contributed by atoms with van der Waals surface area (Å²) in [5.41, 5.74) is 3.33. The van der Waals surface area contributed by atoms with Gasteiger partial charge >= 0.3 is 6.03 Å². The first kappa shape index (κ1) is 13.6. The van der Waals surface area contributed by atoms with E-state index < -0.39 is 0 Å². The lowest BCUT2D eigenvalue weighted by molar-refractivity contribution is 0.211. The summed E-state index contributed by atoms with van der Waals surface area (Å²) in [6, 6.07) is 6.20. The van der Waals surface area contributed by atoms with Gasteiger partial charge in [0.25, 0.3) is 0 Å². The van der Waals surface area contributed by atoms with Crippen molar-refractivity contribution in [1.29, 1.82) is 0 Å². The number of amides is 2. The van der Waals surface area contributed by atoms with Crippen LogP contribution in [0.4, 0.5) is 10.5 Å². The quantitative estimate of drug-likeness (QED) is 0.787. The Labute approximate surface area is 104 Å². The lowest BCUT2D eigenvalue weighted by atomic mass is 10.1. The third-order valence-electron chi connectivity index (χ3n) is 3.03. The number of rotatable bonds is 3. The number of benzene rings is 1. The molecule has 0 aliphatic rings. The van der Waals surface area contributed by atoms with Crippen LogP contribution >= 0.6 is 0 Å². The highest BCUT2D eigenvalue weighted by Crippen LogP contribution is 2.20. The van der Waals surface area contributed by atoms with Crippen LogP contribution in [0.3, 0.4) is 0 Å². The summed E-state index contributed by atoms with van der Waals surface area (Å²) in [6.45, 7) is 9.57. The monoisotopic (exact) mass is 234 g/mol. The van der Waals surface area contributed by atoms with Gasteiger partial charge in [-0.25, -0.2) is 4.79 Å². The molecule has 17 heavy (non-hydrogen) atoms. The molecule has 0 spiro atoms. The number of anilines is 1. The van der Waals surface area contributed by atoms with Crippen LogP contribution in [0.25, 0.3) is 0 Å². The lowest BCUT2D eigenvalue weighted by Gasteiger charge is -2.27. The van der Waals surface area contributed by atoms with E-state index >= 15 is 0 Å². The molecule has 1 aromatic carbocycles. The van der Waals surface area contributed by atoms with Crippen LogP contribution in [0.1, 0.15) is 25.0 Å². The Morgan fingerprint density at radius 3 is 2.24 bits per heavy atom. The number of carbonyl (C=O) groups is 1. The summed E-state index contributed by atoms with van der Waals surface area (Å²) in [6.07, 6.45) is 0. The van der Waals surface area contributed by atoms with E-state index in [1.807, 2.05) is 44.9 Å². The van der Waals surface area contributed by atoms with Crippen LogP contribution in [0.15, 0.2) is 18.2 Å². The summed E-state index contributed by atoms with van der Waals surface area (Å²) in [4.78, 5) is 15.7. The number of carbonyl (C=O) groups excluding carboxylic acids is 1. The minimum Gasteiger partial charge on any atom is -0.325 e. The molecule has 1 rings (SSSR count). The molecule has 0 unspecified atom stereocenters. The SMILES string of the molecule is CCN(CC)C(=O)N(C)c1ccc(C)cc1C. The summed E-state index contributed by atoms with van der Waals surface area (Å²) >= 11 is 0. The molecule has 0 N–H and O–H groups in total. The van der Waals surface area contributed by atoms with Crippen molar-refractivity contribution in [1.82, 2.24) is 4.90 Å². The van der Waals surface area contributed by atoms with Crippen molar-refractivity contribution >= 4 is 11.7 Å². The maximum absolute atomic E-state index is 12.2. The molecule has 3 heteroatoms. The Morgan fingerprint density at radius 2 is 1.76 bits per heavy atom. The smallest absolute Gasteiger partial charge is 0.324 e. The first-order chi connectivity index (χ1) is 8.01. The van der Waals surface area contributed by atoms with Crippen molar-refractivity contribution in [3.8, 4) is 0 Å². The second kappa shape index (κ2) is 5.71. The average molecular weight is 234 g/mol. The summed E-state index contributed by atoms with van der Waals surface area (Å²) < 4.78 is 0. The van der Waals surface area contributed by atoms with Crippen LogP contribution in [0.2, 0.25) is 0 Å². The van der Waals surface area contributed by atoms with E-state index in [0.717, 1.165) is 24.3 Å². The van der Waals surface area contributed by atoms with E-state index in [4.69, 9.17) is 0 Å². The van der Waals surface area contributed by atoms with Gasteiger partial charge in [0.05, 0.1) is 0 Å². The molecule has 2 amide bonds. The molecule has 3 nitrogen and oxygen atoms in total. The van der Waals surface area contributed by atoms with Crippen LogP contribution in [0.5, 0.6) is 0 Å². The predicted octanol–water partition coefficient (Wildman–Crippen LogP) is 3.20. The number of urea groups is 1. The summed E-state index contributed by atoms with van der Waals surface area (Å²) in [5, 5.41) is 0. The van der Waals surface area contributed by atoms with E-state index in [1.54, 1.807) is 4.90 Å². The van der Waals surface area contributed by atoms with Crippen LogP contribution < -0.4 is 4.90 Å². The number of nitrogens with zero attached hydrogens (tertiary/aromatic N) is 2. The second-order valence-electron chi connectivity index (χ2n) is 4.30.